The molecule has 0 aliphatic heterocycles. The van der Waals surface area contributed by atoms with Crippen LogP contribution >= 0.6 is 11.8 Å². The lowest BCUT2D eigenvalue weighted by molar-refractivity contribution is -0.109. The van der Waals surface area contributed by atoms with E-state index in [1.54, 1.807) is 0 Å². The highest BCUT2D eigenvalue weighted by Gasteiger charge is 2.13. The Balaban J connectivity index is 2.72. The number of methoxy groups -OCH3 is 1. The lowest BCUT2D eigenvalue weighted by atomic mass is 10.2. The number of carbonyl (C=O) groups excluding carboxylic acids is 2. The second-order valence-corrected chi connectivity index (χ2v) is 4.72. The van der Waals surface area contributed by atoms with Crippen LogP contribution in [-0.2, 0) is 9.53 Å². The first kappa shape index (κ1) is 15.2. The van der Waals surface area contributed by atoms with E-state index in [1.165, 1.54) is 38.1 Å². The van der Waals surface area contributed by atoms with E-state index in [9.17, 15) is 14.0 Å². The van der Waals surface area contributed by atoms with Crippen molar-refractivity contribution in [2.45, 2.75) is 13.3 Å². The van der Waals surface area contributed by atoms with Crippen LogP contribution in [0.25, 0.3) is 0 Å². The quantitative estimate of drug-likeness (QED) is 0.367. The first-order valence-electron chi connectivity index (χ1n) is 5.40. The van der Waals surface area contributed by atoms with E-state index in [2.05, 4.69) is 21.6 Å². The van der Waals surface area contributed by atoms with Gasteiger partial charge in [0.15, 0.2) is 5.12 Å². The van der Waals surface area contributed by atoms with E-state index in [0.29, 0.717) is 17.7 Å². The summed E-state index contributed by atoms with van der Waals surface area (Å²) in [4.78, 5) is 25.4. The number of rotatable bonds is 3. The van der Waals surface area contributed by atoms with E-state index in [1.807, 2.05) is 0 Å². The number of aromatic nitrogens is 1. The molecule has 1 rings (SSSR count). The SMILES string of the molecule is COC(=O)c1cc(C#CCCSC(C)=O)cnc1F. The van der Waals surface area contributed by atoms with Gasteiger partial charge >= 0.3 is 5.97 Å². The number of thioether (sulfide) groups is 1. The number of nitrogens with zero attached hydrogens (tertiary/aromatic N) is 1. The van der Waals surface area contributed by atoms with Gasteiger partial charge in [-0.15, -0.1) is 0 Å². The van der Waals surface area contributed by atoms with Gasteiger partial charge in [0, 0.05) is 30.9 Å². The highest BCUT2D eigenvalue weighted by atomic mass is 32.2. The molecule has 0 amide bonds. The molecule has 19 heavy (non-hydrogen) atoms. The van der Waals surface area contributed by atoms with Gasteiger partial charge in [-0.2, -0.15) is 4.39 Å². The van der Waals surface area contributed by atoms with Crippen molar-refractivity contribution in [2.24, 2.45) is 0 Å². The summed E-state index contributed by atoms with van der Waals surface area (Å²) in [7, 11) is 1.17. The standard InChI is InChI=1S/C13H12FNO3S/c1-9(16)19-6-4-3-5-10-7-11(13(17)18-2)12(14)15-8-10/h7-8H,4,6H2,1-2H3. The highest BCUT2D eigenvalue weighted by Crippen LogP contribution is 2.08. The van der Waals surface area contributed by atoms with E-state index in [0.717, 1.165) is 0 Å². The Hall–Kier alpha value is -1.87. The molecular formula is C13H12FNO3S. The van der Waals surface area contributed by atoms with Gasteiger partial charge in [-0.05, 0) is 6.07 Å². The summed E-state index contributed by atoms with van der Waals surface area (Å²) in [5.41, 5.74) is 0.182. The van der Waals surface area contributed by atoms with Crippen molar-refractivity contribution >= 4 is 22.8 Å². The van der Waals surface area contributed by atoms with Crippen LogP contribution in [0.5, 0.6) is 0 Å². The summed E-state index contributed by atoms with van der Waals surface area (Å²) in [6.07, 6.45) is 1.77. The Morgan fingerprint density at radius 2 is 2.26 bits per heavy atom. The van der Waals surface area contributed by atoms with Gasteiger partial charge in [-0.3, -0.25) is 4.79 Å². The summed E-state index contributed by atoms with van der Waals surface area (Å²) in [5, 5.41) is 0.0400. The number of hydrogen-bond acceptors (Lipinski definition) is 5. The number of ether oxygens (including phenoxy) is 1. The van der Waals surface area contributed by atoms with Crippen molar-refractivity contribution < 1.29 is 18.7 Å². The van der Waals surface area contributed by atoms with Crippen LogP contribution in [-0.4, -0.2) is 28.9 Å². The maximum absolute atomic E-state index is 13.2. The maximum Gasteiger partial charge on any atom is 0.342 e. The zero-order valence-electron chi connectivity index (χ0n) is 10.5. The van der Waals surface area contributed by atoms with Gasteiger partial charge in [0.1, 0.15) is 5.56 Å². The predicted molar refractivity (Wildman–Crippen MR) is 70.2 cm³/mol. The van der Waals surface area contributed by atoms with E-state index < -0.39 is 11.9 Å². The summed E-state index contributed by atoms with van der Waals surface area (Å²) in [6.45, 7) is 1.49. The minimum Gasteiger partial charge on any atom is -0.465 e. The highest BCUT2D eigenvalue weighted by molar-refractivity contribution is 8.13. The molecule has 1 heterocycles. The molecule has 0 unspecified atom stereocenters. The molecule has 0 saturated heterocycles. The predicted octanol–water partition coefficient (Wildman–Crippen LogP) is 2.03. The molecule has 1 aromatic rings. The number of esters is 1. The molecule has 0 fully saturated rings. The normalized spacial score (nSPS) is 9.42. The first-order chi connectivity index (χ1) is 9.04. The Morgan fingerprint density at radius 3 is 2.89 bits per heavy atom. The van der Waals surface area contributed by atoms with Gasteiger partial charge in [0.25, 0.3) is 0 Å². The molecule has 0 aliphatic carbocycles. The smallest absolute Gasteiger partial charge is 0.342 e. The lowest BCUT2D eigenvalue weighted by Crippen LogP contribution is -2.06. The molecule has 0 bridgehead atoms. The summed E-state index contributed by atoms with van der Waals surface area (Å²) in [6, 6.07) is 1.29. The molecule has 0 saturated carbocycles. The molecule has 0 aliphatic rings. The fourth-order valence-corrected chi connectivity index (χ4v) is 1.67. The molecule has 0 spiro atoms. The van der Waals surface area contributed by atoms with E-state index in [4.69, 9.17) is 0 Å². The zero-order valence-corrected chi connectivity index (χ0v) is 11.3. The molecule has 1 aromatic heterocycles. The number of carbonyl (C=O) groups is 2. The van der Waals surface area contributed by atoms with Crippen LogP contribution in [0.1, 0.15) is 29.3 Å². The Labute approximate surface area is 114 Å². The first-order valence-corrected chi connectivity index (χ1v) is 6.39. The van der Waals surface area contributed by atoms with Crippen molar-refractivity contribution in [1.29, 1.82) is 0 Å². The van der Waals surface area contributed by atoms with E-state index >= 15 is 0 Å². The second-order valence-electron chi connectivity index (χ2n) is 3.45. The Morgan fingerprint density at radius 1 is 1.53 bits per heavy atom. The summed E-state index contributed by atoms with van der Waals surface area (Å²) in [5.74, 6) is 4.50. The second kappa shape index (κ2) is 7.54. The van der Waals surface area contributed by atoms with E-state index in [-0.39, 0.29) is 10.7 Å². The van der Waals surface area contributed by atoms with Crippen molar-refractivity contribution in [2.75, 3.05) is 12.9 Å². The van der Waals surface area contributed by atoms with Crippen molar-refractivity contribution in [1.82, 2.24) is 4.98 Å². The van der Waals surface area contributed by atoms with Crippen LogP contribution in [0.15, 0.2) is 12.3 Å². The number of hydrogen-bond donors (Lipinski definition) is 0. The summed E-state index contributed by atoms with van der Waals surface area (Å²) >= 11 is 1.19. The summed E-state index contributed by atoms with van der Waals surface area (Å²) < 4.78 is 17.7. The molecule has 4 nitrogen and oxygen atoms in total. The number of pyridine rings is 1. The number of halogens is 1. The molecular weight excluding hydrogens is 269 g/mol. The van der Waals surface area contributed by atoms with Crippen LogP contribution in [0, 0.1) is 17.8 Å². The molecule has 0 aromatic carbocycles. The Bertz CT molecular complexity index is 549. The fourth-order valence-electron chi connectivity index (χ4n) is 1.18. The average molecular weight is 281 g/mol. The van der Waals surface area contributed by atoms with Crippen LogP contribution in [0.2, 0.25) is 0 Å². The Kier molecular flexibility index (Phi) is 6.03. The fraction of sp³-hybridized carbons (Fsp3) is 0.308. The molecule has 0 atom stereocenters. The third-order valence-electron chi connectivity index (χ3n) is 2.01. The maximum atomic E-state index is 13.2. The van der Waals surface area contributed by atoms with Gasteiger partial charge in [-0.25, -0.2) is 9.78 Å². The molecule has 0 N–H and O–H groups in total. The third-order valence-corrected chi connectivity index (χ3v) is 2.82. The largest absolute Gasteiger partial charge is 0.465 e. The van der Waals surface area contributed by atoms with Crippen LogP contribution < -0.4 is 0 Å². The van der Waals surface area contributed by atoms with Crippen molar-refractivity contribution in [3.8, 4) is 11.8 Å². The van der Waals surface area contributed by atoms with Crippen LogP contribution in [0.3, 0.4) is 0 Å². The zero-order chi connectivity index (χ0) is 14.3. The van der Waals surface area contributed by atoms with Gasteiger partial charge in [0.2, 0.25) is 5.95 Å². The molecule has 100 valence electrons. The molecule has 0 radical (unpaired) electrons. The minimum atomic E-state index is -0.885. The minimum absolute atomic E-state index is 0.0400. The van der Waals surface area contributed by atoms with Gasteiger partial charge in [-0.1, -0.05) is 23.6 Å². The topological polar surface area (TPSA) is 56.3 Å². The average Bonchev–Trinajstić information content (AvgIpc) is 2.39. The van der Waals surface area contributed by atoms with Gasteiger partial charge in [0.05, 0.1) is 7.11 Å². The monoisotopic (exact) mass is 281 g/mol. The van der Waals surface area contributed by atoms with Crippen molar-refractivity contribution in [3.05, 3.63) is 29.3 Å². The third kappa shape index (κ3) is 5.10. The van der Waals surface area contributed by atoms with Crippen LogP contribution in [0.4, 0.5) is 4.39 Å². The molecule has 6 heteroatoms. The van der Waals surface area contributed by atoms with Gasteiger partial charge < -0.3 is 4.74 Å². The lowest BCUT2D eigenvalue weighted by Gasteiger charge is -2.00. The van der Waals surface area contributed by atoms with Crippen molar-refractivity contribution in [3.63, 3.8) is 0 Å².